The number of amides is 1. The van der Waals surface area contributed by atoms with Gasteiger partial charge < -0.3 is 9.72 Å². The van der Waals surface area contributed by atoms with Gasteiger partial charge in [0.25, 0.3) is 0 Å². The molecule has 0 aliphatic carbocycles. The molecule has 2 aromatic carbocycles. The number of aryl methyl sites for hydroxylation is 2. The zero-order chi connectivity index (χ0) is 25.5. The van der Waals surface area contributed by atoms with E-state index in [2.05, 4.69) is 25.6 Å². The number of carbonyl (C=O) groups is 1. The van der Waals surface area contributed by atoms with Crippen molar-refractivity contribution in [3.05, 3.63) is 83.3 Å². The van der Waals surface area contributed by atoms with E-state index in [9.17, 15) is 4.79 Å². The highest BCUT2D eigenvalue weighted by Gasteiger charge is 2.20. The third-order valence-corrected chi connectivity index (χ3v) is 6.01. The fourth-order valence-corrected chi connectivity index (χ4v) is 4.25. The lowest BCUT2D eigenvalue weighted by Gasteiger charge is -2.17. The van der Waals surface area contributed by atoms with E-state index < -0.39 is 0 Å². The van der Waals surface area contributed by atoms with Crippen LogP contribution in [0.4, 0.5) is 5.95 Å². The molecule has 186 valence electrons. The van der Waals surface area contributed by atoms with E-state index in [1.54, 1.807) is 7.11 Å². The fraction of sp³-hybridized carbons (Fsp3) is 0.286. The number of aromatic nitrogens is 3. The Bertz CT molecular complexity index is 1340. The Morgan fingerprint density at radius 1 is 1.08 bits per heavy atom. The minimum absolute atomic E-state index is 0.126. The standard InChI is InChI=1S/C28H32N6O2/c1-5-23(20-9-7-6-8-10-20)26(35)33-27(34-28-31-18(2)15-19(3)32-28)29-14-13-21-17-30-25-16-22(36-4)11-12-24(21)25/h6-12,15-17,23,30H,5,13-14H2,1-4H3,(H2,29,31,32,33,34,35). The molecule has 8 nitrogen and oxygen atoms in total. The molecule has 1 unspecified atom stereocenters. The first-order valence-electron chi connectivity index (χ1n) is 12.1. The van der Waals surface area contributed by atoms with E-state index >= 15 is 0 Å². The number of aromatic amines is 1. The lowest BCUT2D eigenvalue weighted by Crippen LogP contribution is -2.39. The maximum absolute atomic E-state index is 13.2. The van der Waals surface area contributed by atoms with Gasteiger partial charge in [0.15, 0.2) is 0 Å². The minimum atomic E-state index is -0.290. The van der Waals surface area contributed by atoms with Crippen LogP contribution < -0.4 is 15.4 Å². The van der Waals surface area contributed by atoms with Crippen LogP contribution in [0.1, 0.15) is 41.8 Å². The topological polar surface area (TPSA) is 104 Å². The van der Waals surface area contributed by atoms with Crippen LogP contribution in [0.25, 0.3) is 10.9 Å². The maximum Gasteiger partial charge on any atom is 0.234 e. The second-order valence-corrected chi connectivity index (χ2v) is 8.67. The number of rotatable bonds is 8. The van der Waals surface area contributed by atoms with Crippen molar-refractivity contribution >= 4 is 28.7 Å². The van der Waals surface area contributed by atoms with E-state index in [-0.39, 0.29) is 11.8 Å². The number of ether oxygens (including phenoxy) is 1. The van der Waals surface area contributed by atoms with E-state index in [0.29, 0.717) is 31.3 Å². The minimum Gasteiger partial charge on any atom is -0.497 e. The van der Waals surface area contributed by atoms with Crippen molar-refractivity contribution in [2.45, 2.75) is 39.5 Å². The van der Waals surface area contributed by atoms with Gasteiger partial charge in [0.1, 0.15) is 5.75 Å². The Kier molecular flexibility index (Phi) is 7.95. The van der Waals surface area contributed by atoms with Gasteiger partial charge in [0, 0.05) is 41.1 Å². The maximum atomic E-state index is 13.2. The van der Waals surface area contributed by atoms with Crippen molar-refractivity contribution in [1.29, 1.82) is 0 Å². The molecule has 0 aliphatic heterocycles. The molecule has 3 N–H and O–H groups in total. The summed E-state index contributed by atoms with van der Waals surface area (Å²) in [5, 5.41) is 7.23. The number of aliphatic imine (C=N–C) groups is 1. The zero-order valence-electron chi connectivity index (χ0n) is 21.1. The summed E-state index contributed by atoms with van der Waals surface area (Å²) in [5.74, 6) is 1.13. The number of hydrogen-bond acceptors (Lipinski definition) is 5. The molecule has 0 spiro atoms. The summed E-state index contributed by atoms with van der Waals surface area (Å²) in [6.45, 7) is 6.28. The largest absolute Gasteiger partial charge is 0.497 e. The molecule has 4 rings (SSSR count). The second-order valence-electron chi connectivity index (χ2n) is 8.67. The van der Waals surface area contributed by atoms with Gasteiger partial charge >= 0.3 is 0 Å². The molecule has 1 amide bonds. The highest BCUT2D eigenvalue weighted by atomic mass is 16.5. The van der Waals surface area contributed by atoms with Gasteiger partial charge in [-0.15, -0.1) is 0 Å². The highest BCUT2D eigenvalue weighted by Crippen LogP contribution is 2.23. The van der Waals surface area contributed by atoms with Crippen LogP contribution in [-0.2, 0) is 11.2 Å². The fourth-order valence-electron chi connectivity index (χ4n) is 4.25. The molecule has 36 heavy (non-hydrogen) atoms. The Morgan fingerprint density at radius 3 is 2.53 bits per heavy atom. The van der Waals surface area contributed by atoms with Crippen molar-refractivity contribution in [1.82, 2.24) is 20.3 Å². The number of fused-ring (bicyclic) bond motifs is 1. The summed E-state index contributed by atoms with van der Waals surface area (Å²) < 4.78 is 5.31. The zero-order valence-corrected chi connectivity index (χ0v) is 21.1. The Morgan fingerprint density at radius 2 is 1.83 bits per heavy atom. The molecule has 0 saturated heterocycles. The van der Waals surface area contributed by atoms with Gasteiger partial charge in [0.2, 0.25) is 17.8 Å². The quantitative estimate of drug-likeness (QED) is 0.244. The molecular weight excluding hydrogens is 452 g/mol. The third-order valence-electron chi connectivity index (χ3n) is 6.01. The van der Waals surface area contributed by atoms with Crippen molar-refractivity contribution in [3.63, 3.8) is 0 Å². The molecular formula is C28H32N6O2. The summed E-state index contributed by atoms with van der Waals surface area (Å²) >= 11 is 0. The van der Waals surface area contributed by atoms with E-state index in [0.717, 1.165) is 39.2 Å². The van der Waals surface area contributed by atoms with Gasteiger partial charge in [-0.1, -0.05) is 37.3 Å². The summed E-state index contributed by atoms with van der Waals surface area (Å²) in [5.41, 5.74) is 4.78. The van der Waals surface area contributed by atoms with Crippen molar-refractivity contribution < 1.29 is 9.53 Å². The summed E-state index contributed by atoms with van der Waals surface area (Å²) in [6.07, 6.45) is 3.35. The average Bonchev–Trinajstić information content (AvgIpc) is 3.26. The molecule has 0 fully saturated rings. The van der Waals surface area contributed by atoms with Gasteiger partial charge in [-0.25, -0.2) is 9.97 Å². The molecule has 2 heterocycles. The molecule has 0 bridgehead atoms. The van der Waals surface area contributed by atoms with E-state index in [4.69, 9.17) is 9.73 Å². The van der Waals surface area contributed by atoms with Crippen LogP contribution in [-0.4, -0.2) is 40.5 Å². The van der Waals surface area contributed by atoms with Crippen LogP contribution >= 0.6 is 0 Å². The van der Waals surface area contributed by atoms with Crippen LogP contribution in [0.15, 0.2) is 65.8 Å². The van der Waals surface area contributed by atoms with E-state index in [1.165, 1.54) is 0 Å². The first-order chi connectivity index (χ1) is 17.5. The number of methoxy groups -OCH3 is 1. The molecule has 0 aliphatic rings. The first kappa shape index (κ1) is 24.9. The van der Waals surface area contributed by atoms with Gasteiger partial charge in [0.05, 0.1) is 13.0 Å². The number of nitrogens with one attached hydrogen (secondary N) is 3. The molecule has 8 heteroatoms. The highest BCUT2D eigenvalue weighted by molar-refractivity contribution is 6.05. The lowest BCUT2D eigenvalue weighted by molar-refractivity contribution is -0.121. The molecule has 0 radical (unpaired) electrons. The van der Waals surface area contributed by atoms with Crippen LogP contribution in [0.3, 0.4) is 0 Å². The lowest BCUT2D eigenvalue weighted by atomic mass is 9.96. The van der Waals surface area contributed by atoms with Crippen LogP contribution in [0, 0.1) is 13.8 Å². The molecule has 1 atom stereocenters. The summed E-state index contributed by atoms with van der Waals surface area (Å²) in [7, 11) is 1.66. The predicted octanol–water partition coefficient (Wildman–Crippen LogP) is 4.90. The van der Waals surface area contributed by atoms with Crippen molar-refractivity contribution in [3.8, 4) is 5.75 Å². The normalized spacial score (nSPS) is 12.4. The number of nitrogens with zero attached hydrogens (tertiary/aromatic N) is 3. The van der Waals surface area contributed by atoms with E-state index in [1.807, 2.05) is 81.6 Å². The van der Waals surface area contributed by atoms with Crippen LogP contribution in [0.2, 0.25) is 0 Å². The SMILES string of the molecule is CCC(C(=O)NC(=NCCc1c[nH]c2cc(OC)ccc12)Nc1nc(C)cc(C)n1)c1ccccc1. The number of hydrogen-bond donors (Lipinski definition) is 3. The second kappa shape index (κ2) is 11.5. The summed E-state index contributed by atoms with van der Waals surface area (Å²) in [6, 6.07) is 17.6. The molecule has 0 saturated carbocycles. The number of carbonyl (C=O) groups excluding carboxylic acids is 1. The first-order valence-corrected chi connectivity index (χ1v) is 12.1. The number of anilines is 1. The number of H-pyrrole nitrogens is 1. The van der Waals surface area contributed by atoms with Crippen molar-refractivity contribution in [2.75, 3.05) is 19.0 Å². The molecule has 4 aromatic rings. The number of benzene rings is 2. The van der Waals surface area contributed by atoms with Gasteiger partial charge in [-0.3, -0.25) is 20.4 Å². The van der Waals surface area contributed by atoms with Crippen molar-refractivity contribution in [2.24, 2.45) is 4.99 Å². The molecule has 2 aromatic heterocycles. The van der Waals surface area contributed by atoms with Gasteiger partial charge in [-0.2, -0.15) is 0 Å². The van der Waals surface area contributed by atoms with Crippen LogP contribution in [0.5, 0.6) is 5.75 Å². The third kappa shape index (κ3) is 6.07. The Hall–Kier alpha value is -4.20. The monoisotopic (exact) mass is 484 g/mol. The summed E-state index contributed by atoms with van der Waals surface area (Å²) in [4.78, 5) is 30.1. The van der Waals surface area contributed by atoms with Gasteiger partial charge in [-0.05, 0) is 56.0 Å². The predicted molar refractivity (Wildman–Crippen MR) is 144 cm³/mol. The number of guanidine groups is 1. The Labute approximate surface area is 211 Å². The average molecular weight is 485 g/mol. The Balaban J connectivity index is 1.54. The smallest absolute Gasteiger partial charge is 0.234 e.